The molecule has 0 bridgehead atoms. The fourth-order valence-electron chi connectivity index (χ4n) is 7.72. The predicted molar refractivity (Wildman–Crippen MR) is 244 cm³/mol. The second-order valence-corrected chi connectivity index (χ2v) is 15.3. The van der Waals surface area contributed by atoms with E-state index < -0.39 is 11.5 Å². The third kappa shape index (κ3) is 8.70. The maximum Gasteiger partial charge on any atom is 0.338 e. The average molecular weight is 837 g/mol. The molecule has 62 heavy (non-hydrogen) atoms. The van der Waals surface area contributed by atoms with Crippen LogP contribution in [0, 0.1) is 0 Å². The number of hydrogen-bond acceptors (Lipinski definition) is 9. The molecule has 0 aliphatic heterocycles. The van der Waals surface area contributed by atoms with Crippen LogP contribution in [0.1, 0.15) is 57.3 Å². The Morgan fingerprint density at radius 1 is 0.710 bits per heavy atom. The van der Waals surface area contributed by atoms with Crippen molar-refractivity contribution < 1.29 is 19.2 Å². The highest BCUT2D eigenvalue weighted by atomic mass is 32.1. The number of aromatic nitrogens is 4. The van der Waals surface area contributed by atoms with E-state index in [1.54, 1.807) is 34.8 Å². The molecule has 8 rings (SSSR count). The largest absolute Gasteiger partial charge is 0.462 e. The Kier molecular flexibility index (Phi) is 12.8. The van der Waals surface area contributed by atoms with Crippen LogP contribution >= 0.6 is 11.3 Å². The first-order valence-electron chi connectivity index (χ1n) is 20.4. The zero-order chi connectivity index (χ0) is 42.7. The monoisotopic (exact) mass is 836 g/mol. The van der Waals surface area contributed by atoms with Gasteiger partial charge in [-0.3, -0.25) is 4.79 Å². The van der Waals surface area contributed by atoms with Gasteiger partial charge in [-0.1, -0.05) is 157 Å². The van der Waals surface area contributed by atoms with Crippen LogP contribution in [0.25, 0.3) is 22.5 Å². The number of ether oxygens (including phenoxy) is 1. The Labute approximate surface area is 364 Å². The van der Waals surface area contributed by atoms with Crippen LogP contribution in [0.15, 0.2) is 186 Å². The molecule has 308 valence electrons. The summed E-state index contributed by atoms with van der Waals surface area (Å²) in [6.45, 7) is 2.27. The van der Waals surface area contributed by atoms with Crippen molar-refractivity contribution in [2.75, 3.05) is 18.6 Å². The van der Waals surface area contributed by atoms with Crippen LogP contribution in [0.2, 0.25) is 0 Å². The molecule has 0 saturated carbocycles. The molecule has 8 aromatic rings. The first-order chi connectivity index (χ1) is 30.5. The SMILES string of the molecule is CCOC(=O)c1cccc(N(Cc2ccc(-c3ccccc3-c3nnn(C(c4ccccc4)(c4ccccc4)c4ccccc4)n3)cc2)C(=O)CC/C(=N/OC)c2cccs2)c1. The molecule has 0 N–H and O–H groups in total. The number of benzene rings is 6. The molecule has 1 amide bonds. The highest BCUT2D eigenvalue weighted by Gasteiger charge is 2.41. The fourth-order valence-corrected chi connectivity index (χ4v) is 8.45. The molecule has 0 saturated heterocycles. The van der Waals surface area contributed by atoms with Crippen LogP contribution in [0.4, 0.5) is 5.69 Å². The number of anilines is 1. The van der Waals surface area contributed by atoms with E-state index in [0.29, 0.717) is 29.2 Å². The number of hydrogen-bond donors (Lipinski definition) is 0. The fraction of sp³-hybridized carbons (Fsp3) is 0.137. The maximum atomic E-state index is 14.2. The average Bonchev–Trinajstić information content (AvgIpc) is 4.06. The van der Waals surface area contributed by atoms with Crippen LogP contribution in [-0.4, -0.2) is 51.5 Å². The van der Waals surface area contributed by atoms with E-state index in [4.69, 9.17) is 25.0 Å². The number of tetrazole rings is 1. The quantitative estimate of drug-likeness (QED) is 0.0412. The number of esters is 1. The number of rotatable bonds is 16. The van der Waals surface area contributed by atoms with Crippen molar-refractivity contribution in [3.05, 3.63) is 214 Å². The zero-order valence-corrected chi connectivity index (χ0v) is 35.2. The van der Waals surface area contributed by atoms with Crippen molar-refractivity contribution in [2.24, 2.45) is 5.16 Å². The smallest absolute Gasteiger partial charge is 0.338 e. The molecule has 0 spiro atoms. The van der Waals surface area contributed by atoms with Gasteiger partial charge >= 0.3 is 5.97 Å². The Bertz CT molecular complexity index is 2660. The number of carbonyl (C=O) groups excluding carboxylic acids is 2. The molecular formula is C51H44N6O4S. The third-order valence-electron chi connectivity index (χ3n) is 10.6. The topological polar surface area (TPSA) is 112 Å². The van der Waals surface area contributed by atoms with Crippen molar-refractivity contribution in [1.82, 2.24) is 20.2 Å². The summed E-state index contributed by atoms with van der Waals surface area (Å²) in [6, 6.07) is 57.8. The molecule has 0 radical (unpaired) electrons. The van der Waals surface area contributed by atoms with E-state index in [1.165, 1.54) is 18.4 Å². The second kappa shape index (κ2) is 19.3. The summed E-state index contributed by atoms with van der Waals surface area (Å²) in [4.78, 5) is 36.4. The van der Waals surface area contributed by atoms with Crippen LogP contribution in [-0.2, 0) is 26.5 Å². The van der Waals surface area contributed by atoms with Gasteiger partial charge in [0.1, 0.15) is 7.11 Å². The van der Waals surface area contributed by atoms with Crippen molar-refractivity contribution >= 4 is 34.6 Å². The van der Waals surface area contributed by atoms with Gasteiger partial charge in [0, 0.05) is 24.1 Å². The molecule has 2 heterocycles. The Balaban J connectivity index is 1.12. The maximum absolute atomic E-state index is 14.2. The minimum absolute atomic E-state index is 0.132. The number of carbonyl (C=O) groups is 2. The molecule has 11 heteroatoms. The molecule has 0 aliphatic carbocycles. The second-order valence-electron chi connectivity index (χ2n) is 14.4. The minimum Gasteiger partial charge on any atom is -0.462 e. The Morgan fingerprint density at radius 3 is 1.94 bits per heavy atom. The lowest BCUT2D eigenvalue weighted by molar-refractivity contribution is -0.118. The first kappa shape index (κ1) is 41.2. The van der Waals surface area contributed by atoms with Crippen molar-refractivity contribution in [3.8, 4) is 22.5 Å². The van der Waals surface area contributed by atoms with E-state index in [2.05, 4.69) is 41.6 Å². The van der Waals surface area contributed by atoms with Crippen molar-refractivity contribution in [1.29, 1.82) is 0 Å². The van der Waals surface area contributed by atoms with Gasteiger partial charge in [-0.05, 0) is 75.2 Å². The Hall–Kier alpha value is -7.50. The first-order valence-corrected chi connectivity index (χ1v) is 21.2. The van der Waals surface area contributed by atoms with Gasteiger partial charge in [0.2, 0.25) is 11.7 Å². The van der Waals surface area contributed by atoms with E-state index in [1.807, 2.05) is 127 Å². The molecule has 0 aliphatic rings. The molecule has 10 nitrogen and oxygen atoms in total. The Morgan fingerprint density at radius 2 is 1.34 bits per heavy atom. The van der Waals surface area contributed by atoms with E-state index in [0.717, 1.165) is 43.8 Å². The van der Waals surface area contributed by atoms with Gasteiger partial charge < -0.3 is 14.5 Å². The van der Waals surface area contributed by atoms with Crippen molar-refractivity contribution in [2.45, 2.75) is 31.8 Å². The van der Waals surface area contributed by atoms with E-state index >= 15 is 0 Å². The summed E-state index contributed by atoms with van der Waals surface area (Å²) < 4.78 is 5.28. The molecule has 0 unspecified atom stereocenters. The summed E-state index contributed by atoms with van der Waals surface area (Å²) in [5.74, 6) is -0.0982. The highest BCUT2D eigenvalue weighted by Crippen LogP contribution is 2.40. The molecule has 0 atom stereocenters. The molecule has 6 aromatic carbocycles. The summed E-state index contributed by atoms with van der Waals surface area (Å²) >= 11 is 1.54. The normalized spacial score (nSPS) is 11.5. The number of amides is 1. The van der Waals surface area contributed by atoms with Gasteiger partial charge in [0.25, 0.3) is 0 Å². The summed E-state index contributed by atoms with van der Waals surface area (Å²) in [7, 11) is 1.50. The van der Waals surface area contributed by atoms with E-state index in [9.17, 15) is 9.59 Å². The highest BCUT2D eigenvalue weighted by molar-refractivity contribution is 7.12. The minimum atomic E-state index is -0.910. The van der Waals surface area contributed by atoms with Gasteiger partial charge in [-0.2, -0.15) is 0 Å². The van der Waals surface area contributed by atoms with Gasteiger partial charge in [0.15, 0.2) is 5.54 Å². The lowest BCUT2D eigenvalue weighted by Crippen LogP contribution is -2.39. The lowest BCUT2D eigenvalue weighted by Gasteiger charge is -2.34. The van der Waals surface area contributed by atoms with Gasteiger partial charge in [-0.15, -0.1) is 26.3 Å². The molecule has 0 fully saturated rings. The lowest BCUT2D eigenvalue weighted by atomic mass is 9.77. The summed E-state index contributed by atoms with van der Waals surface area (Å²) in [6.07, 6.45) is 0.543. The molecular weight excluding hydrogens is 793 g/mol. The van der Waals surface area contributed by atoms with Gasteiger partial charge in [0.05, 0.1) is 29.3 Å². The summed E-state index contributed by atoms with van der Waals surface area (Å²) in [5, 5.41) is 20.8. The zero-order valence-electron chi connectivity index (χ0n) is 34.4. The van der Waals surface area contributed by atoms with E-state index in [-0.39, 0.29) is 25.5 Å². The summed E-state index contributed by atoms with van der Waals surface area (Å²) in [5.41, 5.74) is 7.32. The van der Waals surface area contributed by atoms with Crippen LogP contribution in [0.5, 0.6) is 0 Å². The third-order valence-corrected chi connectivity index (χ3v) is 11.5. The van der Waals surface area contributed by atoms with Gasteiger partial charge in [-0.25, -0.2) is 4.79 Å². The molecule has 2 aromatic heterocycles. The standard InChI is InChI=1S/C51H44N6O4S/c1-3-61-50(59)39-17-15-24-43(35-39)56(48(58)33-32-46(54-60-2)47-27-16-34-62-47)36-37-28-30-38(31-29-37)44-25-13-14-26-45(44)49-52-55-57(53-49)51(40-18-7-4-8-19-40,41-20-9-5-10-21-41)42-22-11-6-12-23-42/h4-31,34-35H,3,32-33,36H2,1-2H3/b54-46-. The number of thiophene rings is 1. The number of nitrogens with zero attached hydrogens (tertiary/aromatic N) is 6. The van der Waals surface area contributed by atoms with Crippen LogP contribution in [0.3, 0.4) is 0 Å². The number of oxime groups is 1. The van der Waals surface area contributed by atoms with Crippen LogP contribution < -0.4 is 4.90 Å². The predicted octanol–water partition coefficient (Wildman–Crippen LogP) is 10.4. The van der Waals surface area contributed by atoms with Crippen molar-refractivity contribution in [3.63, 3.8) is 0 Å².